The monoisotopic (exact) mass is 390 g/mol. The van der Waals surface area contributed by atoms with Gasteiger partial charge in [0.15, 0.2) is 0 Å². The molecule has 142 valence electrons. The number of para-hydroxylation sites is 1. The van der Waals surface area contributed by atoms with E-state index in [-0.39, 0.29) is 24.9 Å². The lowest BCUT2D eigenvalue weighted by Gasteiger charge is -2.20. The van der Waals surface area contributed by atoms with Gasteiger partial charge in [-0.2, -0.15) is 0 Å². The molecule has 0 aliphatic carbocycles. The van der Waals surface area contributed by atoms with Gasteiger partial charge in [0.1, 0.15) is 5.75 Å². The quantitative estimate of drug-likeness (QED) is 0.545. The fourth-order valence-corrected chi connectivity index (χ4v) is 3.15. The number of ether oxygens (including phenoxy) is 2. The van der Waals surface area contributed by atoms with E-state index in [4.69, 9.17) is 13.9 Å². The molecule has 1 aromatic carbocycles. The van der Waals surface area contributed by atoms with Gasteiger partial charge in [-0.25, -0.2) is 9.59 Å². The first-order chi connectivity index (χ1) is 13.1. The Morgan fingerprint density at radius 1 is 1.33 bits per heavy atom. The molecule has 0 spiro atoms. The van der Waals surface area contributed by atoms with Crippen molar-refractivity contribution in [3.63, 3.8) is 0 Å². The molecule has 0 radical (unpaired) electrons. The highest BCUT2D eigenvalue weighted by Gasteiger charge is 2.24. The molecule has 27 heavy (non-hydrogen) atoms. The molecule has 1 aliphatic heterocycles. The minimum Gasteiger partial charge on any atom is -0.496 e. The van der Waals surface area contributed by atoms with Crippen molar-refractivity contribution in [2.45, 2.75) is 12.1 Å². The smallest absolute Gasteiger partial charge is 0.337 e. The van der Waals surface area contributed by atoms with E-state index in [1.54, 1.807) is 20.1 Å². The normalized spacial score (nSPS) is 13.8. The molecule has 0 saturated heterocycles. The molecule has 0 saturated carbocycles. The number of nitrogens with zero attached hydrogens (tertiary/aromatic N) is 2. The zero-order valence-corrected chi connectivity index (χ0v) is 15.6. The predicted octanol–water partition coefficient (Wildman–Crippen LogP) is 1.97. The first-order valence-corrected chi connectivity index (χ1v) is 9.14. The Morgan fingerprint density at radius 3 is 2.93 bits per heavy atom. The SMILES string of the molecule is CCOC(=O)C1=C(CSc2nnc(-c3ccccc3OC)o2)NC(=O)NC1. The number of thioether (sulfide) groups is 1. The van der Waals surface area contributed by atoms with Crippen molar-refractivity contribution in [1.29, 1.82) is 0 Å². The number of esters is 1. The second-order valence-corrected chi connectivity index (χ2v) is 6.27. The number of aromatic nitrogens is 2. The summed E-state index contributed by atoms with van der Waals surface area (Å²) in [6.07, 6.45) is 0. The number of methoxy groups -OCH3 is 1. The minimum absolute atomic E-state index is 0.108. The van der Waals surface area contributed by atoms with Gasteiger partial charge in [-0.3, -0.25) is 0 Å². The first kappa shape index (κ1) is 18.8. The van der Waals surface area contributed by atoms with E-state index in [1.165, 1.54) is 11.8 Å². The molecule has 10 heteroatoms. The van der Waals surface area contributed by atoms with E-state index in [0.717, 1.165) is 0 Å². The third-order valence-electron chi connectivity index (χ3n) is 3.66. The maximum absolute atomic E-state index is 12.0. The van der Waals surface area contributed by atoms with Crippen LogP contribution in [0.15, 0.2) is 45.2 Å². The van der Waals surface area contributed by atoms with Crippen LogP contribution in [0.1, 0.15) is 6.92 Å². The Morgan fingerprint density at radius 2 is 2.15 bits per heavy atom. The molecule has 1 aliphatic rings. The highest BCUT2D eigenvalue weighted by Crippen LogP contribution is 2.31. The van der Waals surface area contributed by atoms with E-state index in [9.17, 15) is 9.59 Å². The number of rotatable bonds is 7. The standard InChI is InChI=1S/C17H18N4O5S/c1-3-25-15(22)11-8-18-16(23)19-12(11)9-27-17-21-20-14(26-17)10-6-4-5-7-13(10)24-2/h4-7H,3,8-9H2,1-2H3,(H2,18,19,23). The summed E-state index contributed by atoms with van der Waals surface area (Å²) in [6.45, 7) is 2.08. The lowest BCUT2D eigenvalue weighted by atomic mass is 10.2. The van der Waals surface area contributed by atoms with Crippen LogP contribution in [0.25, 0.3) is 11.5 Å². The minimum atomic E-state index is -0.471. The van der Waals surface area contributed by atoms with Crippen molar-refractivity contribution in [2.75, 3.05) is 26.0 Å². The van der Waals surface area contributed by atoms with Crippen LogP contribution in [0, 0.1) is 0 Å². The highest BCUT2D eigenvalue weighted by molar-refractivity contribution is 7.99. The van der Waals surface area contributed by atoms with Crippen LogP contribution in [-0.4, -0.2) is 48.2 Å². The van der Waals surface area contributed by atoms with Crippen molar-refractivity contribution < 1.29 is 23.5 Å². The van der Waals surface area contributed by atoms with Crippen molar-refractivity contribution >= 4 is 23.8 Å². The number of benzene rings is 1. The molecule has 0 unspecified atom stereocenters. The zero-order chi connectivity index (χ0) is 19.2. The molecule has 0 bridgehead atoms. The fourth-order valence-electron chi connectivity index (χ4n) is 2.40. The van der Waals surface area contributed by atoms with Crippen LogP contribution in [0.4, 0.5) is 4.79 Å². The second-order valence-electron chi connectivity index (χ2n) is 5.35. The molecule has 2 amide bonds. The van der Waals surface area contributed by atoms with Crippen LogP contribution in [0.2, 0.25) is 0 Å². The van der Waals surface area contributed by atoms with Gasteiger partial charge in [0.05, 0.1) is 31.4 Å². The summed E-state index contributed by atoms with van der Waals surface area (Å²) in [5, 5.41) is 13.5. The Labute approximate surface area is 159 Å². The largest absolute Gasteiger partial charge is 0.496 e. The predicted molar refractivity (Wildman–Crippen MR) is 97.2 cm³/mol. The number of urea groups is 1. The van der Waals surface area contributed by atoms with Gasteiger partial charge in [0, 0.05) is 11.4 Å². The van der Waals surface area contributed by atoms with Crippen LogP contribution in [-0.2, 0) is 9.53 Å². The van der Waals surface area contributed by atoms with Crippen LogP contribution in [0.5, 0.6) is 5.75 Å². The van der Waals surface area contributed by atoms with E-state index in [1.807, 2.05) is 18.2 Å². The third kappa shape index (κ3) is 4.40. The van der Waals surface area contributed by atoms with Gasteiger partial charge in [-0.05, 0) is 19.1 Å². The number of amides is 2. The van der Waals surface area contributed by atoms with E-state index in [0.29, 0.717) is 33.7 Å². The Bertz CT molecular complexity index is 880. The fraction of sp³-hybridized carbons (Fsp3) is 0.294. The highest BCUT2D eigenvalue weighted by atomic mass is 32.2. The van der Waals surface area contributed by atoms with Crippen molar-refractivity contribution in [1.82, 2.24) is 20.8 Å². The van der Waals surface area contributed by atoms with Crippen LogP contribution < -0.4 is 15.4 Å². The van der Waals surface area contributed by atoms with Gasteiger partial charge in [-0.1, -0.05) is 23.9 Å². The van der Waals surface area contributed by atoms with Gasteiger partial charge < -0.3 is 24.5 Å². The maximum Gasteiger partial charge on any atom is 0.337 e. The summed E-state index contributed by atoms with van der Waals surface area (Å²) in [4.78, 5) is 23.6. The maximum atomic E-state index is 12.0. The van der Waals surface area contributed by atoms with Gasteiger partial charge in [0.25, 0.3) is 11.1 Å². The van der Waals surface area contributed by atoms with Gasteiger partial charge in [0.2, 0.25) is 0 Å². The molecule has 1 aromatic heterocycles. The molecule has 2 heterocycles. The van der Waals surface area contributed by atoms with Gasteiger partial charge >= 0.3 is 12.0 Å². The summed E-state index contributed by atoms with van der Waals surface area (Å²) in [7, 11) is 1.56. The van der Waals surface area contributed by atoms with Gasteiger partial charge in [-0.15, -0.1) is 10.2 Å². The number of carbonyl (C=O) groups is 2. The second kappa shape index (κ2) is 8.58. The molecular weight excluding hydrogens is 372 g/mol. The molecular formula is C17H18N4O5S. The number of nitrogens with one attached hydrogen (secondary N) is 2. The van der Waals surface area contributed by atoms with Crippen molar-refractivity contribution in [3.05, 3.63) is 35.5 Å². The van der Waals surface area contributed by atoms with Crippen molar-refractivity contribution in [2.24, 2.45) is 0 Å². The molecule has 2 aromatic rings. The first-order valence-electron chi connectivity index (χ1n) is 8.16. The Balaban J connectivity index is 1.75. The number of hydrogen-bond donors (Lipinski definition) is 2. The molecule has 2 N–H and O–H groups in total. The van der Waals surface area contributed by atoms with E-state index in [2.05, 4.69) is 20.8 Å². The average molecular weight is 390 g/mol. The Hall–Kier alpha value is -3.01. The average Bonchev–Trinajstić information content (AvgIpc) is 3.15. The topological polar surface area (TPSA) is 116 Å². The molecule has 0 fully saturated rings. The lowest BCUT2D eigenvalue weighted by molar-refractivity contribution is -0.138. The summed E-state index contributed by atoms with van der Waals surface area (Å²) in [5.41, 5.74) is 1.51. The number of hydrogen-bond acceptors (Lipinski definition) is 8. The third-order valence-corrected chi connectivity index (χ3v) is 4.51. The molecule has 9 nitrogen and oxygen atoms in total. The Kier molecular flexibility index (Phi) is 5.97. The molecule has 3 rings (SSSR count). The summed E-state index contributed by atoms with van der Waals surface area (Å²) >= 11 is 1.21. The van der Waals surface area contributed by atoms with E-state index < -0.39 is 5.97 Å². The van der Waals surface area contributed by atoms with Crippen LogP contribution in [0.3, 0.4) is 0 Å². The van der Waals surface area contributed by atoms with Crippen LogP contribution >= 0.6 is 11.8 Å². The van der Waals surface area contributed by atoms with E-state index >= 15 is 0 Å². The lowest BCUT2D eigenvalue weighted by Crippen LogP contribution is -2.44. The summed E-state index contributed by atoms with van der Waals surface area (Å²) in [6, 6.07) is 6.93. The zero-order valence-electron chi connectivity index (χ0n) is 14.8. The number of carbonyl (C=O) groups excluding carboxylic acids is 2. The van der Waals surface area contributed by atoms with Crippen molar-refractivity contribution in [3.8, 4) is 17.2 Å². The molecule has 0 atom stereocenters. The summed E-state index contributed by atoms with van der Waals surface area (Å²) < 4.78 is 16.0. The summed E-state index contributed by atoms with van der Waals surface area (Å²) in [5.74, 6) is 0.745.